The fourth-order valence-corrected chi connectivity index (χ4v) is 3.48. The highest BCUT2D eigenvalue weighted by Crippen LogP contribution is 2.40. The van der Waals surface area contributed by atoms with Crippen LogP contribution in [0.4, 0.5) is 18.9 Å². The van der Waals surface area contributed by atoms with E-state index >= 15 is 0 Å². The van der Waals surface area contributed by atoms with Crippen LogP contribution in [0.1, 0.15) is 11.1 Å². The zero-order valence-corrected chi connectivity index (χ0v) is 12.9. The Kier molecular flexibility index (Phi) is 4.14. The van der Waals surface area contributed by atoms with Gasteiger partial charge >= 0.3 is 6.18 Å². The zero-order valence-electron chi connectivity index (χ0n) is 12.1. The fourth-order valence-electron chi connectivity index (χ4n) is 2.68. The van der Waals surface area contributed by atoms with Crippen molar-refractivity contribution in [1.29, 1.82) is 0 Å². The highest BCUT2D eigenvalue weighted by molar-refractivity contribution is 7.13. The van der Waals surface area contributed by atoms with Gasteiger partial charge in [-0.25, -0.2) is 0 Å². The van der Waals surface area contributed by atoms with E-state index in [0.717, 1.165) is 10.4 Å². The number of nitrogens with zero attached hydrogens (tertiary/aromatic N) is 1. The van der Waals surface area contributed by atoms with Crippen LogP contribution in [0.2, 0.25) is 0 Å². The molecular weight excluding hydrogens is 311 g/mol. The number of alkyl halides is 3. The summed E-state index contributed by atoms with van der Waals surface area (Å²) >= 11 is 1.45. The van der Waals surface area contributed by atoms with Gasteiger partial charge in [0.2, 0.25) is 0 Å². The van der Waals surface area contributed by atoms with Crippen LogP contribution in [0, 0.1) is 6.92 Å². The molecule has 0 aliphatic carbocycles. The van der Waals surface area contributed by atoms with Crippen molar-refractivity contribution in [2.75, 3.05) is 31.2 Å². The lowest BCUT2D eigenvalue weighted by atomic mass is 10.00. The summed E-state index contributed by atoms with van der Waals surface area (Å²) in [6, 6.07) is 6.23. The smallest absolute Gasteiger partial charge is 0.378 e. The predicted octanol–water partition coefficient (Wildman–Crippen LogP) is 4.58. The number of ether oxygens (including phenoxy) is 1. The van der Waals surface area contributed by atoms with E-state index in [-0.39, 0.29) is 0 Å². The number of thiophene rings is 1. The average Bonchev–Trinajstić information content (AvgIpc) is 3.01. The SMILES string of the molecule is Cc1c(-c2cccs2)cc(C(F)(F)F)cc1N1CCOCC1. The monoisotopic (exact) mass is 327 g/mol. The van der Waals surface area contributed by atoms with E-state index in [9.17, 15) is 13.2 Å². The van der Waals surface area contributed by atoms with Gasteiger partial charge in [-0.05, 0) is 41.6 Å². The molecule has 1 aliphatic rings. The normalized spacial score (nSPS) is 16.1. The van der Waals surface area contributed by atoms with E-state index in [1.54, 1.807) is 0 Å². The topological polar surface area (TPSA) is 12.5 Å². The fraction of sp³-hybridized carbons (Fsp3) is 0.375. The Bertz CT molecular complexity index is 646. The molecular formula is C16H16F3NOS. The van der Waals surface area contributed by atoms with Gasteiger partial charge in [-0.15, -0.1) is 11.3 Å². The number of morpholine rings is 1. The van der Waals surface area contributed by atoms with E-state index in [1.807, 2.05) is 29.3 Å². The first-order chi connectivity index (χ1) is 10.5. The van der Waals surface area contributed by atoms with Crippen molar-refractivity contribution in [2.45, 2.75) is 13.1 Å². The van der Waals surface area contributed by atoms with Crippen molar-refractivity contribution >= 4 is 17.0 Å². The van der Waals surface area contributed by atoms with E-state index < -0.39 is 11.7 Å². The molecule has 22 heavy (non-hydrogen) atoms. The molecule has 2 nitrogen and oxygen atoms in total. The number of benzene rings is 1. The second-order valence-electron chi connectivity index (χ2n) is 5.24. The quantitative estimate of drug-likeness (QED) is 0.800. The molecule has 0 bridgehead atoms. The van der Waals surface area contributed by atoms with Crippen LogP contribution >= 0.6 is 11.3 Å². The maximum atomic E-state index is 13.2. The molecule has 1 fully saturated rings. The maximum Gasteiger partial charge on any atom is 0.416 e. The molecule has 1 saturated heterocycles. The van der Waals surface area contributed by atoms with Crippen LogP contribution in [0.5, 0.6) is 0 Å². The minimum Gasteiger partial charge on any atom is -0.378 e. The van der Waals surface area contributed by atoms with Crippen molar-refractivity contribution in [1.82, 2.24) is 0 Å². The van der Waals surface area contributed by atoms with Crippen LogP contribution < -0.4 is 4.90 Å². The summed E-state index contributed by atoms with van der Waals surface area (Å²) in [7, 11) is 0. The van der Waals surface area contributed by atoms with E-state index in [2.05, 4.69) is 0 Å². The average molecular weight is 327 g/mol. The third-order valence-electron chi connectivity index (χ3n) is 3.85. The molecule has 118 valence electrons. The van der Waals surface area contributed by atoms with Crippen molar-refractivity contribution in [3.63, 3.8) is 0 Å². The number of halogens is 3. The molecule has 0 N–H and O–H groups in total. The maximum absolute atomic E-state index is 13.2. The van der Waals surface area contributed by atoms with Crippen molar-refractivity contribution < 1.29 is 17.9 Å². The lowest BCUT2D eigenvalue weighted by Gasteiger charge is -2.31. The van der Waals surface area contributed by atoms with Gasteiger partial charge in [0.25, 0.3) is 0 Å². The first-order valence-electron chi connectivity index (χ1n) is 7.05. The molecule has 1 aliphatic heterocycles. The Hall–Kier alpha value is -1.53. The van der Waals surface area contributed by atoms with E-state index in [4.69, 9.17) is 4.74 Å². The highest BCUT2D eigenvalue weighted by atomic mass is 32.1. The van der Waals surface area contributed by atoms with Crippen molar-refractivity contribution in [3.05, 3.63) is 40.8 Å². The molecule has 2 heterocycles. The van der Waals surface area contributed by atoms with Crippen LogP contribution in [0.3, 0.4) is 0 Å². The molecule has 0 unspecified atom stereocenters. The molecule has 1 aromatic heterocycles. The second-order valence-corrected chi connectivity index (χ2v) is 6.19. The molecule has 0 spiro atoms. The van der Waals surface area contributed by atoms with Crippen LogP contribution in [-0.2, 0) is 10.9 Å². The molecule has 3 rings (SSSR count). The summed E-state index contributed by atoms with van der Waals surface area (Å²) in [5, 5.41) is 1.88. The Morgan fingerprint density at radius 3 is 2.50 bits per heavy atom. The van der Waals surface area contributed by atoms with Crippen LogP contribution in [-0.4, -0.2) is 26.3 Å². The van der Waals surface area contributed by atoms with Gasteiger partial charge < -0.3 is 9.64 Å². The minimum absolute atomic E-state index is 0.546. The summed E-state index contributed by atoms with van der Waals surface area (Å²) in [5.74, 6) is 0. The predicted molar refractivity (Wildman–Crippen MR) is 82.5 cm³/mol. The number of hydrogen-bond acceptors (Lipinski definition) is 3. The summed E-state index contributed by atoms with van der Waals surface area (Å²) < 4.78 is 45.0. The summed E-state index contributed by atoms with van der Waals surface area (Å²) in [6.07, 6.45) is -4.35. The van der Waals surface area contributed by atoms with E-state index in [0.29, 0.717) is 37.6 Å². The third kappa shape index (κ3) is 2.98. The number of rotatable bonds is 2. The molecule has 0 saturated carbocycles. The van der Waals surface area contributed by atoms with Gasteiger partial charge in [-0.3, -0.25) is 0 Å². The molecule has 6 heteroatoms. The summed E-state index contributed by atoms with van der Waals surface area (Å²) in [6.45, 7) is 4.21. The first-order valence-corrected chi connectivity index (χ1v) is 7.93. The van der Waals surface area contributed by atoms with Crippen LogP contribution in [0.25, 0.3) is 10.4 Å². The Morgan fingerprint density at radius 2 is 1.91 bits per heavy atom. The Morgan fingerprint density at radius 1 is 1.18 bits per heavy atom. The van der Waals surface area contributed by atoms with Gasteiger partial charge in [0, 0.05) is 23.7 Å². The van der Waals surface area contributed by atoms with Gasteiger partial charge in [0.05, 0.1) is 18.8 Å². The third-order valence-corrected chi connectivity index (χ3v) is 4.75. The zero-order chi connectivity index (χ0) is 15.7. The van der Waals surface area contributed by atoms with Crippen LogP contribution in [0.15, 0.2) is 29.6 Å². The van der Waals surface area contributed by atoms with Gasteiger partial charge in [0.15, 0.2) is 0 Å². The van der Waals surface area contributed by atoms with Gasteiger partial charge in [0.1, 0.15) is 0 Å². The van der Waals surface area contributed by atoms with Crippen molar-refractivity contribution in [3.8, 4) is 10.4 Å². The first kappa shape index (κ1) is 15.4. The molecule has 0 radical (unpaired) electrons. The van der Waals surface area contributed by atoms with Gasteiger partial charge in [-0.2, -0.15) is 13.2 Å². The Balaban J connectivity index is 2.13. The lowest BCUT2D eigenvalue weighted by Crippen LogP contribution is -2.36. The summed E-state index contributed by atoms with van der Waals surface area (Å²) in [4.78, 5) is 2.84. The van der Waals surface area contributed by atoms with Crippen molar-refractivity contribution in [2.24, 2.45) is 0 Å². The van der Waals surface area contributed by atoms with Gasteiger partial charge in [-0.1, -0.05) is 6.07 Å². The largest absolute Gasteiger partial charge is 0.416 e. The second kappa shape index (κ2) is 5.93. The van der Waals surface area contributed by atoms with E-state index in [1.165, 1.54) is 23.5 Å². The minimum atomic E-state index is -4.35. The summed E-state index contributed by atoms with van der Waals surface area (Å²) in [5.41, 5.74) is 1.60. The molecule has 0 amide bonds. The standard InChI is InChI=1S/C16H16F3NOS/c1-11-13(15-3-2-8-22-15)9-12(16(17,18)19)10-14(11)20-4-6-21-7-5-20/h2-3,8-10H,4-7H2,1H3. The number of anilines is 1. The lowest BCUT2D eigenvalue weighted by molar-refractivity contribution is -0.137. The molecule has 1 aromatic carbocycles. The molecule has 0 atom stereocenters. The number of hydrogen-bond donors (Lipinski definition) is 0. The highest BCUT2D eigenvalue weighted by Gasteiger charge is 2.33. The molecule has 2 aromatic rings. The Labute approximate surface area is 131 Å².